The molecule has 0 aliphatic carbocycles. The molecule has 0 unspecified atom stereocenters. The number of hydrogen-bond acceptors (Lipinski definition) is 3. The SMILES string of the molecule is CC1=NN(CC(=O)O)C(=O)[C@H]1C. The molecule has 0 saturated carbocycles. The second-order valence-electron chi connectivity index (χ2n) is 2.75. The van der Waals surface area contributed by atoms with Gasteiger partial charge >= 0.3 is 5.97 Å². The van der Waals surface area contributed by atoms with Gasteiger partial charge in [0.05, 0.1) is 5.92 Å². The van der Waals surface area contributed by atoms with Gasteiger partial charge in [0, 0.05) is 5.71 Å². The van der Waals surface area contributed by atoms with E-state index in [1.807, 2.05) is 0 Å². The Balaban J connectivity index is 2.70. The lowest BCUT2D eigenvalue weighted by molar-refractivity contribution is -0.144. The molecular formula is C7H10N2O3. The first-order valence-electron chi connectivity index (χ1n) is 3.60. The van der Waals surface area contributed by atoms with Crippen molar-refractivity contribution >= 4 is 17.6 Å². The molecule has 5 nitrogen and oxygen atoms in total. The first kappa shape index (κ1) is 8.70. The summed E-state index contributed by atoms with van der Waals surface area (Å²) in [5.74, 6) is -1.56. The van der Waals surface area contributed by atoms with E-state index < -0.39 is 5.97 Å². The number of rotatable bonds is 2. The van der Waals surface area contributed by atoms with Crippen molar-refractivity contribution < 1.29 is 14.7 Å². The van der Waals surface area contributed by atoms with Crippen molar-refractivity contribution in [1.82, 2.24) is 5.01 Å². The molecule has 0 aromatic heterocycles. The average molecular weight is 170 g/mol. The number of hydrazone groups is 1. The van der Waals surface area contributed by atoms with Crippen LogP contribution in [0.5, 0.6) is 0 Å². The van der Waals surface area contributed by atoms with E-state index in [0.29, 0.717) is 5.71 Å². The molecule has 1 amide bonds. The lowest BCUT2D eigenvalue weighted by Crippen LogP contribution is -2.30. The molecule has 0 aromatic rings. The third-order valence-corrected chi connectivity index (χ3v) is 1.81. The van der Waals surface area contributed by atoms with Crippen molar-refractivity contribution in [3.8, 4) is 0 Å². The normalized spacial score (nSPS) is 22.8. The lowest BCUT2D eigenvalue weighted by atomic mass is 10.1. The molecule has 0 saturated heterocycles. The first-order chi connectivity index (χ1) is 5.52. The standard InChI is InChI=1S/C7H10N2O3/c1-4-5(2)8-9(7(4)12)3-6(10)11/h4H,3H2,1-2H3,(H,10,11)/t4-/m0/s1. The Kier molecular flexibility index (Phi) is 2.12. The van der Waals surface area contributed by atoms with Crippen LogP contribution in [0.3, 0.4) is 0 Å². The minimum absolute atomic E-state index is 0.241. The summed E-state index contributed by atoms with van der Waals surface area (Å²) in [7, 11) is 0. The zero-order valence-corrected chi connectivity index (χ0v) is 6.94. The van der Waals surface area contributed by atoms with Crippen LogP contribution < -0.4 is 0 Å². The van der Waals surface area contributed by atoms with Gasteiger partial charge in [0.25, 0.3) is 5.91 Å². The molecule has 1 N–H and O–H groups in total. The average Bonchev–Trinajstić information content (AvgIpc) is 2.17. The monoisotopic (exact) mass is 170 g/mol. The van der Waals surface area contributed by atoms with Crippen LogP contribution in [-0.2, 0) is 9.59 Å². The number of aliphatic carboxylic acids is 1. The van der Waals surface area contributed by atoms with Gasteiger partial charge in [-0.15, -0.1) is 0 Å². The van der Waals surface area contributed by atoms with Gasteiger partial charge in [-0.05, 0) is 13.8 Å². The van der Waals surface area contributed by atoms with E-state index in [-0.39, 0.29) is 18.4 Å². The van der Waals surface area contributed by atoms with E-state index in [1.54, 1.807) is 13.8 Å². The number of amides is 1. The number of nitrogens with zero attached hydrogens (tertiary/aromatic N) is 2. The van der Waals surface area contributed by atoms with Gasteiger partial charge in [-0.2, -0.15) is 5.10 Å². The van der Waals surface area contributed by atoms with E-state index in [9.17, 15) is 9.59 Å². The molecule has 12 heavy (non-hydrogen) atoms. The van der Waals surface area contributed by atoms with Crippen LogP contribution >= 0.6 is 0 Å². The third kappa shape index (κ3) is 1.44. The van der Waals surface area contributed by atoms with Gasteiger partial charge in [0.2, 0.25) is 0 Å². The van der Waals surface area contributed by atoms with Gasteiger partial charge in [0.1, 0.15) is 6.54 Å². The van der Waals surface area contributed by atoms with Crippen molar-refractivity contribution in [1.29, 1.82) is 0 Å². The summed E-state index contributed by atoms with van der Waals surface area (Å²) in [6.45, 7) is 3.08. The lowest BCUT2D eigenvalue weighted by Gasteiger charge is -2.08. The smallest absolute Gasteiger partial charge is 0.325 e. The molecule has 66 valence electrons. The van der Waals surface area contributed by atoms with Gasteiger partial charge in [-0.25, -0.2) is 5.01 Å². The summed E-state index contributed by atoms with van der Waals surface area (Å²) in [6, 6.07) is 0. The zero-order valence-electron chi connectivity index (χ0n) is 6.94. The van der Waals surface area contributed by atoms with Crippen molar-refractivity contribution in [3.63, 3.8) is 0 Å². The van der Waals surface area contributed by atoms with Gasteiger partial charge < -0.3 is 5.11 Å². The van der Waals surface area contributed by atoms with Crippen molar-refractivity contribution in [2.24, 2.45) is 11.0 Å². The molecule has 1 aliphatic rings. The minimum atomic E-state index is -1.05. The number of carboxylic acids is 1. The van der Waals surface area contributed by atoms with E-state index in [2.05, 4.69) is 5.10 Å². The van der Waals surface area contributed by atoms with Crippen molar-refractivity contribution in [3.05, 3.63) is 0 Å². The Morgan fingerprint density at radius 2 is 2.33 bits per heavy atom. The van der Waals surface area contributed by atoms with Crippen molar-refractivity contribution in [2.45, 2.75) is 13.8 Å². The van der Waals surface area contributed by atoms with Gasteiger partial charge in [-0.1, -0.05) is 0 Å². The van der Waals surface area contributed by atoms with Crippen LogP contribution in [-0.4, -0.2) is 34.2 Å². The predicted octanol–water partition coefficient (Wildman–Crippen LogP) is -0.0748. The molecule has 5 heteroatoms. The first-order valence-corrected chi connectivity index (χ1v) is 3.60. The van der Waals surface area contributed by atoms with Gasteiger partial charge in [-0.3, -0.25) is 9.59 Å². The quantitative estimate of drug-likeness (QED) is 0.630. The molecule has 0 spiro atoms. The van der Waals surface area contributed by atoms with Crippen LogP contribution in [0, 0.1) is 5.92 Å². The highest BCUT2D eigenvalue weighted by atomic mass is 16.4. The minimum Gasteiger partial charge on any atom is -0.480 e. The van der Waals surface area contributed by atoms with Crippen LogP contribution in [0.15, 0.2) is 5.10 Å². The molecule has 1 aliphatic heterocycles. The largest absolute Gasteiger partial charge is 0.480 e. The summed E-state index contributed by atoms with van der Waals surface area (Å²) in [6.07, 6.45) is 0. The Hall–Kier alpha value is -1.39. The highest BCUT2D eigenvalue weighted by Crippen LogP contribution is 2.13. The number of carbonyl (C=O) groups is 2. The summed E-state index contributed by atoms with van der Waals surface area (Å²) >= 11 is 0. The Morgan fingerprint density at radius 1 is 1.75 bits per heavy atom. The second-order valence-corrected chi connectivity index (χ2v) is 2.75. The van der Waals surface area contributed by atoms with E-state index in [1.165, 1.54) is 0 Å². The predicted molar refractivity (Wildman–Crippen MR) is 41.6 cm³/mol. The molecule has 0 fully saturated rings. The van der Waals surface area contributed by atoms with Crippen LogP contribution in [0.4, 0.5) is 0 Å². The highest BCUT2D eigenvalue weighted by molar-refractivity contribution is 6.07. The third-order valence-electron chi connectivity index (χ3n) is 1.81. The van der Waals surface area contributed by atoms with Crippen LogP contribution in [0.1, 0.15) is 13.8 Å². The van der Waals surface area contributed by atoms with Gasteiger partial charge in [0.15, 0.2) is 0 Å². The van der Waals surface area contributed by atoms with E-state index >= 15 is 0 Å². The Morgan fingerprint density at radius 3 is 2.67 bits per heavy atom. The fourth-order valence-electron chi connectivity index (χ4n) is 0.970. The fraction of sp³-hybridized carbons (Fsp3) is 0.571. The highest BCUT2D eigenvalue weighted by Gasteiger charge is 2.30. The molecule has 1 heterocycles. The van der Waals surface area contributed by atoms with E-state index in [4.69, 9.17) is 5.11 Å². The van der Waals surface area contributed by atoms with Crippen molar-refractivity contribution in [2.75, 3.05) is 6.54 Å². The summed E-state index contributed by atoms with van der Waals surface area (Å²) < 4.78 is 0. The topological polar surface area (TPSA) is 70.0 Å². The van der Waals surface area contributed by atoms with Crippen LogP contribution in [0.2, 0.25) is 0 Å². The fourth-order valence-corrected chi connectivity index (χ4v) is 0.970. The summed E-state index contributed by atoms with van der Waals surface area (Å²) in [5, 5.41) is 13.2. The molecule has 1 rings (SSSR count). The molecule has 0 aromatic carbocycles. The molecular weight excluding hydrogens is 160 g/mol. The van der Waals surface area contributed by atoms with Crippen LogP contribution in [0.25, 0.3) is 0 Å². The maximum absolute atomic E-state index is 11.2. The molecule has 1 atom stereocenters. The maximum atomic E-state index is 11.2. The molecule has 0 radical (unpaired) electrons. The second kappa shape index (κ2) is 2.92. The Bertz CT molecular complexity index is 259. The maximum Gasteiger partial charge on any atom is 0.325 e. The Labute approximate surface area is 69.7 Å². The summed E-state index contributed by atoms with van der Waals surface area (Å²) in [5.41, 5.74) is 0.668. The number of carboxylic acid groups (broad SMARTS) is 1. The number of carbonyl (C=O) groups excluding carboxylic acids is 1. The zero-order chi connectivity index (χ0) is 9.30. The molecule has 0 bridgehead atoms. The summed E-state index contributed by atoms with van der Waals surface area (Å²) in [4.78, 5) is 21.5. The van der Waals surface area contributed by atoms with E-state index in [0.717, 1.165) is 5.01 Å². The number of hydrogen-bond donors (Lipinski definition) is 1.